The number of hydrogen-bond acceptors (Lipinski definition) is 3. The lowest BCUT2D eigenvalue weighted by atomic mass is 10.1. The standard InChI is InChI=1S/C13H27N3O2/c1-6-8-14-11(17)9-16(7-2)10-12(18)15-13(3,4)5/h6-10H2,1-5H3,(H,14,17)(H,15,18). The number of nitrogens with one attached hydrogen (secondary N) is 2. The van der Waals surface area contributed by atoms with Gasteiger partial charge in [0.25, 0.3) is 0 Å². The molecule has 0 aromatic rings. The van der Waals surface area contributed by atoms with E-state index in [1.807, 2.05) is 39.5 Å². The van der Waals surface area contributed by atoms with E-state index in [-0.39, 0.29) is 30.4 Å². The van der Waals surface area contributed by atoms with Crippen LogP contribution in [0.4, 0.5) is 0 Å². The second kappa shape index (κ2) is 8.08. The molecule has 0 aromatic heterocycles. The van der Waals surface area contributed by atoms with E-state index in [0.717, 1.165) is 6.42 Å². The van der Waals surface area contributed by atoms with Crippen molar-refractivity contribution in [3.63, 3.8) is 0 Å². The molecule has 18 heavy (non-hydrogen) atoms. The third-order valence-corrected chi connectivity index (χ3v) is 2.27. The minimum atomic E-state index is -0.235. The van der Waals surface area contributed by atoms with Gasteiger partial charge in [0.05, 0.1) is 13.1 Å². The molecule has 0 aromatic carbocycles. The molecule has 0 aliphatic rings. The molecule has 0 unspecified atom stereocenters. The van der Waals surface area contributed by atoms with Gasteiger partial charge in [-0.2, -0.15) is 0 Å². The number of amides is 2. The van der Waals surface area contributed by atoms with Gasteiger partial charge in [-0.3, -0.25) is 14.5 Å². The molecule has 5 nitrogen and oxygen atoms in total. The van der Waals surface area contributed by atoms with Crippen molar-refractivity contribution in [1.29, 1.82) is 0 Å². The largest absolute Gasteiger partial charge is 0.355 e. The molecular formula is C13H27N3O2. The van der Waals surface area contributed by atoms with Gasteiger partial charge in [0.2, 0.25) is 11.8 Å². The average molecular weight is 257 g/mol. The highest BCUT2D eigenvalue weighted by Gasteiger charge is 2.17. The fourth-order valence-electron chi connectivity index (χ4n) is 1.46. The number of carbonyl (C=O) groups is 2. The second-order valence-electron chi connectivity index (χ2n) is 5.45. The Morgan fingerprint density at radius 1 is 1.06 bits per heavy atom. The van der Waals surface area contributed by atoms with Crippen LogP contribution < -0.4 is 10.6 Å². The summed E-state index contributed by atoms with van der Waals surface area (Å²) in [5.41, 5.74) is -0.235. The van der Waals surface area contributed by atoms with Crippen LogP contribution in [0.1, 0.15) is 41.0 Å². The number of nitrogens with zero attached hydrogens (tertiary/aromatic N) is 1. The van der Waals surface area contributed by atoms with Crippen LogP contribution in [0.5, 0.6) is 0 Å². The molecule has 106 valence electrons. The minimum Gasteiger partial charge on any atom is -0.355 e. The van der Waals surface area contributed by atoms with Gasteiger partial charge in [0.1, 0.15) is 0 Å². The molecule has 0 aliphatic heterocycles. The van der Waals surface area contributed by atoms with Crippen molar-refractivity contribution in [3.8, 4) is 0 Å². The first-order chi connectivity index (χ1) is 8.28. The average Bonchev–Trinajstić information content (AvgIpc) is 2.22. The first-order valence-electron chi connectivity index (χ1n) is 6.58. The molecule has 0 radical (unpaired) electrons. The summed E-state index contributed by atoms with van der Waals surface area (Å²) in [6.45, 7) is 11.7. The van der Waals surface area contributed by atoms with E-state index in [2.05, 4.69) is 10.6 Å². The van der Waals surface area contributed by atoms with Gasteiger partial charge < -0.3 is 10.6 Å². The van der Waals surface area contributed by atoms with Crippen LogP contribution in [0.25, 0.3) is 0 Å². The van der Waals surface area contributed by atoms with Crippen molar-refractivity contribution in [2.45, 2.75) is 46.6 Å². The third kappa shape index (κ3) is 8.98. The van der Waals surface area contributed by atoms with Gasteiger partial charge in [-0.25, -0.2) is 0 Å². The van der Waals surface area contributed by atoms with E-state index < -0.39 is 0 Å². The predicted molar refractivity (Wildman–Crippen MR) is 73.3 cm³/mol. The number of likely N-dealkylation sites (N-methyl/N-ethyl adjacent to an activating group) is 1. The maximum atomic E-state index is 11.7. The summed E-state index contributed by atoms with van der Waals surface area (Å²) in [7, 11) is 0. The summed E-state index contributed by atoms with van der Waals surface area (Å²) >= 11 is 0. The molecule has 2 amide bonds. The van der Waals surface area contributed by atoms with Crippen molar-refractivity contribution >= 4 is 11.8 Å². The first-order valence-corrected chi connectivity index (χ1v) is 6.58. The van der Waals surface area contributed by atoms with Crippen LogP contribution in [0, 0.1) is 0 Å². The summed E-state index contributed by atoms with van der Waals surface area (Å²) < 4.78 is 0. The van der Waals surface area contributed by atoms with Crippen molar-refractivity contribution in [2.24, 2.45) is 0 Å². The molecule has 5 heteroatoms. The zero-order valence-corrected chi connectivity index (χ0v) is 12.3. The highest BCUT2D eigenvalue weighted by molar-refractivity contribution is 5.81. The Labute approximate surface area is 110 Å². The molecule has 0 bridgehead atoms. The lowest BCUT2D eigenvalue weighted by Crippen LogP contribution is -2.47. The van der Waals surface area contributed by atoms with Crippen molar-refractivity contribution in [2.75, 3.05) is 26.2 Å². The molecule has 0 saturated heterocycles. The topological polar surface area (TPSA) is 61.4 Å². The smallest absolute Gasteiger partial charge is 0.234 e. The molecule has 0 heterocycles. The Balaban J connectivity index is 4.10. The summed E-state index contributed by atoms with van der Waals surface area (Å²) in [6.07, 6.45) is 0.919. The Morgan fingerprint density at radius 2 is 1.61 bits per heavy atom. The summed E-state index contributed by atoms with van der Waals surface area (Å²) in [4.78, 5) is 25.1. The monoisotopic (exact) mass is 257 g/mol. The van der Waals surface area contributed by atoms with Gasteiger partial charge in [0.15, 0.2) is 0 Å². The van der Waals surface area contributed by atoms with Crippen LogP contribution in [0.3, 0.4) is 0 Å². The highest BCUT2D eigenvalue weighted by Crippen LogP contribution is 1.98. The maximum Gasteiger partial charge on any atom is 0.234 e. The lowest BCUT2D eigenvalue weighted by molar-refractivity contribution is -0.125. The van der Waals surface area contributed by atoms with E-state index >= 15 is 0 Å². The molecule has 0 rings (SSSR count). The maximum absolute atomic E-state index is 11.7. The first kappa shape index (κ1) is 16.9. The van der Waals surface area contributed by atoms with Gasteiger partial charge in [-0.1, -0.05) is 13.8 Å². The molecule has 0 atom stereocenters. The van der Waals surface area contributed by atoms with Crippen molar-refractivity contribution in [1.82, 2.24) is 15.5 Å². The van der Waals surface area contributed by atoms with Crippen LogP contribution in [0.2, 0.25) is 0 Å². The number of carbonyl (C=O) groups excluding carboxylic acids is 2. The van der Waals surface area contributed by atoms with Crippen LogP contribution in [-0.4, -0.2) is 48.4 Å². The van der Waals surface area contributed by atoms with Gasteiger partial charge in [-0.05, 0) is 33.7 Å². The van der Waals surface area contributed by atoms with E-state index in [0.29, 0.717) is 13.1 Å². The summed E-state index contributed by atoms with van der Waals surface area (Å²) in [5.74, 6) is -0.0742. The SMILES string of the molecule is CCCNC(=O)CN(CC)CC(=O)NC(C)(C)C. The zero-order chi connectivity index (χ0) is 14.2. The van der Waals surface area contributed by atoms with E-state index in [4.69, 9.17) is 0 Å². The zero-order valence-electron chi connectivity index (χ0n) is 12.3. The van der Waals surface area contributed by atoms with E-state index in [1.165, 1.54) is 0 Å². The van der Waals surface area contributed by atoms with Gasteiger partial charge in [0, 0.05) is 12.1 Å². The lowest BCUT2D eigenvalue weighted by Gasteiger charge is -2.24. The molecule has 0 spiro atoms. The highest BCUT2D eigenvalue weighted by atomic mass is 16.2. The van der Waals surface area contributed by atoms with Crippen LogP contribution in [-0.2, 0) is 9.59 Å². The predicted octanol–water partition coefficient (Wildman–Crippen LogP) is 0.749. The Bertz CT molecular complexity index is 272. The number of rotatable bonds is 7. The Hall–Kier alpha value is -1.10. The molecular weight excluding hydrogens is 230 g/mol. The quantitative estimate of drug-likeness (QED) is 0.707. The molecule has 0 saturated carbocycles. The second-order valence-corrected chi connectivity index (χ2v) is 5.45. The van der Waals surface area contributed by atoms with Crippen LogP contribution in [0.15, 0.2) is 0 Å². The van der Waals surface area contributed by atoms with Crippen LogP contribution >= 0.6 is 0 Å². The number of hydrogen-bond donors (Lipinski definition) is 2. The molecule has 0 fully saturated rings. The summed E-state index contributed by atoms with van der Waals surface area (Å²) in [6, 6.07) is 0. The minimum absolute atomic E-state index is 0.0257. The normalized spacial score (nSPS) is 11.4. The fraction of sp³-hybridized carbons (Fsp3) is 0.846. The Kier molecular flexibility index (Phi) is 7.59. The van der Waals surface area contributed by atoms with Gasteiger partial charge >= 0.3 is 0 Å². The fourth-order valence-corrected chi connectivity index (χ4v) is 1.46. The van der Waals surface area contributed by atoms with Gasteiger partial charge in [-0.15, -0.1) is 0 Å². The van der Waals surface area contributed by atoms with Crippen molar-refractivity contribution < 1.29 is 9.59 Å². The van der Waals surface area contributed by atoms with E-state index in [9.17, 15) is 9.59 Å². The third-order valence-electron chi connectivity index (χ3n) is 2.27. The van der Waals surface area contributed by atoms with E-state index in [1.54, 1.807) is 0 Å². The van der Waals surface area contributed by atoms with Crippen molar-refractivity contribution in [3.05, 3.63) is 0 Å². The summed E-state index contributed by atoms with van der Waals surface area (Å²) in [5, 5.41) is 5.69. The molecule has 2 N–H and O–H groups in total. The Morgan fingerprint density at radius 3 is 2.06 bits per heavy atom. The molecule has 0 aliphatic carbocycles.